The van der Waals surface area contributed by atoms with Crippen molar-refractivity contribution in [2.24, 2.45) is 16.8 Å². The van der Waals surface area contributed by atoms with Gasteiger partial charge in [-0.25, -0.2) is 13.1 Å². The molecule has 28 heavy (non-hydrogen) atoms. The Labute approximate surface area is 169 Å². The van der Waals surface area contributed by atoms with Crippen molar-refractivity contribution in [1.29, 1.82) is 0 Å². The molecule has 9 heteroatoms. The van der Waals surface area contributed by atoms with Crippen molar-refractivity contribution in [3.8, 4) is 0 Å². The van der Waals surface area contributed by atoms with E-state index >= 15 is 0 Å². The fraction of sp³-hybridized carbons (Fsp3) is 0.895. The van der Waals surface area contributed by atoms with E-state index in [9.17, 15) is 13.2 Å². The molecule has 1 heterocycles. The van der Waals surface area contributed by atoms with E-state index in [1.54, 1.807) is 7.05 Å². The Morgan fingerprint density at radius 2 is 1.86 bits per heavy atom. The van der Waals surface area contributed by atoms with E-state index in [1.807, 2.05) is 4.90 Å². The average Bonchev–Trinajstić information content (AvgIpc) is 3.30. The number of guanidine groups is 1. The smallest absolute Gasteiger partial charge is 0.225 e. The Bertz CT molecular complexity index is 656. The van der Waals surface area contributed by atoms with Gasteiger partial charge in [-0.05, 0) is 38.0 Å². The first-order valence-electron chi connectivity index (χ1n) is 10.7. The molecule has 0 bridgehead atoms. The maximum Gasteiger partial charge on any atom is 0.225 e. The lowest BCUT2D eigenvalue weighted by Gasteiger charge is -2.25. The highest BCUT2D eigenvalue weighted by Crippen LogP contribution is 2.28. The van der Waals surface area contributed by atoms with Gasteiger partial charge in [0.25, 0.3) is 0 Å². The molecule has 0 aromatic heterocycles. The summed E-state index contributed by atoms with van der Waals surface area (Å²) in [6.07, 6.45) is 8.74. The van der Waals surface area contributed by atoms with E-state index in [1.165, 1.54) is 19.3 Å². The van der Waals surface area contributed by atoms with Gasteiger partial charge in [-0.15, -0.1) is 0 Å². The van der Waals surface area contributed by atoms with Crippen LogP contribution in [0, 0.1) is 11.8 Å². The minimum atomic E-state index is -3.26. The van der Waals surface area contributed by atoms with Crippen LogP contribution in [-0.4, -0.2) is 70.2 Å². The monoisotopic (exact) mass is 413 g/mol. The number of likely N-dealkylation sites (tertiary alicyclic amines) is 1. The number of nitrogens with zero attached hydrogens (tertiary/aromatic N) is 2. The second-order valence-corrected chi connectivity index (χ2v) is 10.3. The molecule has 2 saturated carbocycles. The Hall–Kier alpha value is -1.35. The zero-order chi connectivity index (χ0) is 20.0. The van der Waals surface area contributed by atoms with Crippen LogP contribution in [0.2, 0.25) is 0 Å². The average molecular weight is 414 g/mol. The van der Waals surface area contributed by atoms with Crippen LogP contribution in [0.5, 0.6) is 0 Å². The number of aliphatic imine (C=N–C) groups is 1. The first-order valence-corrected chi connectivity index (χ1v) is 12.4. The van der Waals surface area contributed by atoms with Gasteiger partial charge in [0.15, 0.2) is 5.96 Å². The molecule has 3 fully saturated rings. The van der Waals surface area contributed by atoms with E-state index in [0.717, 1.165) is 38.6 Å². The number of rotatable bonds is 8. The number of nitrogens with one attached hydrogen (secondary N) is 3. The summed E-state index contributed by atoms with van der Waals surface area (Å²) in [5, 5.41) is 6.41. The van der Waals surface area contributed by atoms with Crippen LogP contribution in [0.1, 0.15) is 51.4 Å². The molecular formula is C19H35N5O3S. The van der Waals surface area contributed by atoms with Crippen LogP contribution >= 0.6 is 0 Å². The van der Waals surface area contributed by atoms with Crippen LogP contribution in [-0.2, 0) is 14.8 Å². The van der Waals surface area contributed by atoms with Crippen molar-refractivity contribution in [3.63, 3.8) is 0 Å². The third kappa shape index (κ3) is 6.07. The van der Waals surface area contributed by atoms with Gasteiger partial charge >= 0.3 is 0 Å². The van der Waals surface area contributed by atoms with E-state index in [4.69, 9.17) is 0 Å². The highest BCUT2D eigenvalue weighted by molar-refractivity contribution is 7.89. The number of sulfonamides is 1. The molecule has 3 N–H and O–H groups in total. The van der Waals surface area contributed by atoms with Crippen LogP contribution in [0.3, 0.4) is 0 Å². The first kappa shape index (κ1) is 21.4. The van der Waals surface area contributed by atoms with Crippen molar-refractivity contribution in [2.45, 2.75) is 57.4 Å². The number of carbonyl (C=O) groups is 1. The largest absolute Gasteiger partial charge is 0.355 e. The van der Waals surface area contributed by atoms with Crippen LogP contribution in [0.15, 0.2) is 4.99 Å². The SMILES string of the molecule is CN=C(NCCS(=O)(=O)NCC1CCC1)NC1CCN(C(=O)C2CCCC2)C1. The molecule has 1 atom stereocenters. The van der Waals surface area contributed by atoms with Crippen molar-refractivity contribution >= 4 is 21.9 Å². The predicted octanol–water partition coefficient (Wildman–Crippen LogP) is 0.662. The molecular weight excluding hydrogens is 378 g/mol. The molecule has 1 saturated heterocycles. The Balaban J connectivity index is 1.35. The molecule has 3 aliphatic rings. The van der Waals surface area contributed by atoms with Crippen molar-refractivity contribution in [3.05, 3.63) is 0 Å². The van der Waals surface area contributed by atoms with E-state index in [-0.39, 0.29) is 17.7 Å². The number of hydrogen-bond donors (Lipinski definition) is 3. The minimum absolute atomic E-state index is 0.0252. The quantitative estimate of drug-likeness (QED) is 0.401. The highest BCUT2D eigenvalue weighted by Gasteiger charge is 2.32. The van der Waals surface area contributed by atoms with Gasteiger partial charge in [0.05, 0.1) is 5.75 Å². The molecule has 8 nitrogen and oxygen atoms in total. The summed E-state index contributed by atoms with van der Waals surface area (Å²) in [6, 6.07) is 0.157. The normalized spacial score (nSPS) is 24.4. The molecule has 0 aromatic rings. The highest BCUT2D eigenvalue weighted by atomic mass is 32.2. The zero-order valence-electron chi connectivity index (χ0n) is 17.0. The van der Waals surface area contributed by atoms with Gasteiger partial charge in [-0.1, -0.05) is 19.3 Å². The molecule has 0 radical (unpaired) electrons. The second-order valence-electron chi connectivity index (χ2n) is 8.36. The van der Waals surface area contributed by atoms with Gasteiger partial charge in [0, 0.05) is 45.2 Å². The first-order chi connectivity index (χ1) is 13.5. The number of hydrogen-bond acceptors (Lipinski definition) is 4. The summed E-state index contributed by atoms with van der Waals surface area (Å²) < 4.78 is 26.9. The lowest BCUT2D eigenvalue weighted by molar-refractivity contribution is -0.134. The predicted molar refractivity (Wildman–Crippen MR) is 111 cm³/mol. The topological polar surface area (TPSA) is 103 Å². The van der Waals surface area contributed by atoms with Gasteiger partial charge in [-0.3, -0.25) is 9.79 Å². The molecule has 160 valence electrons. The second kappa shape index (κ2) is 9.91. The fourth-order valence-corrected chi connectivity index (χ4v) is 5.22. The Morgan fingerprint density at radius 3 is 2.50 bits per heavy atom. The zero-order valence-corrected chi connectivity index (χ0v) is 17.8. The van der Waals surface area contributed by atoms with Crippen LogP contribution < -0.4 is 15.4 Å². The van der Waals surface area contributed by atoms with Crippen LogP contribution in [0.4, 0.5) is 0 Å². The van der Waals surface area contributed by atoms with Gasteiger partial charge in [0.1, 0.15) is 0 Å². The maximum absolute atomic E-state index is 12.5. The van der Waals surface area contributed by atoms with Crippen LogP contribution in [0.25, 0.3) is 0 Å². The third-order valence-electron chi connectivity index (χ3n) is 6.25. The molecule has 1 unspecified atom stereocenters. The molecule has 1 amide bonds. The summed E-state index contributed by atoms with van der Waals surface area (Å²) in [5.41, 5.74) is 0. The maximum atomic E-state index is 12.5. The summed E-state index contributed by atoms with van der Waals surface area (Å²) in [4.78, 5) is 18.7. The summed E-state index contributed by atoms with van der Waals surface area (Å²) >= 11 is 0. The minimum Gasteiger partial charge on any atom is -0.355 e. The van der Waals surface area contributed by atoms with E-state index < -0.39 is 10.0 Å². The van der Waals surface area contributed by atoms with Gasteiger partial charge in [0.2, 0.25) is 15.9 Å². The van der Waals surface area contributed by atoms with E-state index in [2.05, 4.69) is 20.3 Å². The van der Waals surface area contributed by atoms with Crippen molar-refractivity contribution < 1.29 is 13.2 Å². The van der Waals surface area contributed by atoms with Crippen molar-refractivity contribution in [2.75, 3.05) is 39.0 Å². The molecule has 1 aliphatic heterocycles. The summed E-state index contributed by atoms with van der Waals surface area (Å²) in [6.45, 7) is 2.33. The fourth-order valence-electron chi connectivity index (χ4n) is 4.21. The molecule has 0 aromatic carbocycles. The lowest BCUT2D eigenvalue weighted by atomic mass is 9.86. The molecule has 2 aliphatic carbocycles. The summed E-state index contributed by atoms with van der Waals surface area (Å²) in [7, 11) is -1.59. The lowest BCUT2D eigenvalue weighted by Crippen LogP contribution is -2.47. The number of carbonyl (C=O) groups excluding carboxylic acids is 1. The van der Waals surface area contributed by atoms with E-state index in [0.29, 0.717) is 37.4 Å². The molecule has 3 rings (SSSR count). The molecule has 0 spiro atoms. The van der Waals surface area contributed by atoms with Crippen molar-refractivity contribution in [1.82, 2.24) is 20.3 Å². The Morgan fingerprint density at radius 1 is 1.11 bits per heavy atom. The standard InChI is InChI=1S/C19H35N5O3S/c1-20-19(21-10-12-28(26,27)22-13-15-5-4-6-15)23-17-9-11-24(14-17)18(25)16-7-2-3-8-16/h15-17,22H,2-14H2,1H3,(H2,20,21,23). The Kier molecular flexibility index (Phi) is 7.56. The summed E-state index contributed by atoms with van der Waals surface area (Å²) in [5.74, 6) is 1.64. The van der Waals surface area contributed by atoms with Gasteiger partial charge < -0.3 is 15.5 Å². The third-order valence-corrected chi connectivity index (χ3v) is 7.60. The number of amides is 1. The van der Waals surface area contributed by atoms with Gasteiger partial charge in [-0.2, -0.15) is 0 Å².